The van der Waals surface area contributed by atoms with Gasteiger partial charge in [0, 0.05) is 38.3 Å². The number of aryl methyl sites for hydroxylation is 1. The van der Waals surface area contributed by atoms with Crippen LogP contribution in [0, 0.1) is 0 Å². The number of hydrogen-bond acceptors (Lipinski definition) is 3. The average Bonchev–Trinajstić information content (AvgIpc) is 2.45. The summed E-state index contributed by atoms with van der Waals surface area (Å²) < 4.78 is 0.860. The lowest BCUT2D eigenvalue weighted by Gasteiger charge is -2.30. The smallest absolute Gasteiger partial charge is 0.134 e. The van der Waals surface area contributed by atoms with Gasteiger partial charge in [-0.2, -0.15) is 0 Å². The molecule has 0 bridgehead atoms. The fourth-order valence-electron chi connectivity index (χ4n) is 3.20. The summed E-state index contributed by atoms with van der Waals surface area (Å²) in [5, 5.41) is 13.8. The Hall–Kier alpha value is -0.580. The minimum Gasteiger partial charge on any atom is -0.506 e. The molecule has 0 radical (unpaired) electrons. The van der Waals surface area contributed by atoms with Gasteiger partial charge in [0.05, 0.1) is 4.47 Å². The van der Waals surface area contributed by atoms with Gasteiger partial charge < -0.3 is 10.4 Å². The van der Waals surface area contributed by atoms with Gasteiger partial charge in [0.15, 0.2) is 0 Å². The normalized spacial score (nSPS) is 20.3. The third-order valence-corrected chi connectivity index (χ3v) is 4.88. The van der Waals surface area contributed by atoms with Crippen LogP contribution in [-0.2, 0) is 19.4 Å². The van der Waals surface area contributed by atoms with Crippen LogP contribution in [-0.4, -0.2) is 36.2 Å². The first-order valence-electron chi connectivity index (χ1n) is 7.21. The van der Waals surface area contributed by atoms with Gasteiger partial charge in [0.2, 0.25) is 0 Å². The molecule has 1 saturated heterocycles. The van der Waals surface area contributed by atoms with Gasteiger partial charge in [0.25, 0.3) is 0 Å². The van der Waals surface area contributed by atoms with Crippen LogP contribution in [0.4, 0.5) is 0 Å². The molecule has 3 nitrogen and oxygen atoms in total. The maximum atomic E-state index is 10.4. The van der Waals surface area contributed by atoms with E-state index in [9.17, 15) is 5.11 Å². The quantitative estimate of drug-likeness (QED) is 0.877. The number of nitrogens with zero attached hydrogens (tertiary/aromatic N) is 1. The Bertz CT molecular complexity index is 470. The standard InChI is InChI=1S/C15H21BrN2O/c16-14-9-11-3-1-2-4-12(11)13(15(14)19)10-18-7-5-17-6-8-18/h9,17,19H,1-8,10H2. The molecular formula is C15H21BrN2O. The second kappa shape index (κ2) is 5.81. The molecule has 0 unspecified atom stereocenters. The Morgan fingerprint density at radius 2 is 1.95 bits per heavy atom. The van der Waals surface area contributed by atoms with Crippen molar-refractivity contribution in [3.8, 4) is 5.75 Å². The SMILES string of the molecule is Oc1c(Br)cc2c(c1CN1CCNCC1)CCCC2. The van der Waals surface area contributed by atoms with Crippen LogP contribution in [0.1, 0.15) is 29.5 Å². The summed E-state index contributed by atoms with van der Waals surface area (Å²) in [6.07, 6.45) is 4.81. The first-order valence-corrected chi connectivity index (χ1v) is 8.00. The molecule has 104 valence electrons. The largest absolute Gasteiger partial charge is 0.506 e. The lowest BCUT2D eigenvalue weighted by molar-refractivity contribution is 0.229. The fourth-order valence-corrected chi connectivity index (χ4v) is 3.72. The number of benzene rings is 1. The third-order valence-electron chi connectivity index (χ3n) is 4.28. The van der Waals surface area contributed by atoms with E-state index in [-0.39, 0.29) is 0 Å². The van der Waals surface area contributed by atoms with Crippen LogP contribution >= 0.6 is 15.9 Å². The molecular weight excluding hydrogens is 304 g/mol. The van der Waals surface area contributed by atoms with E-state index < -0.39 is 0 Å². The summed E-state index contributed by atoms with van der Waals surface area (Å²) in [4.78, 5) is 2.44. The van der Waals surface area contributed by atoms with Crippen LogP contribution < -0.4 is 5.32 Å². The Morgan fingerprint density at radius 3 is 2.74 bits per heavy atom. The number of hydrogen-bond donors (Lipinski definition) is 2. The zero-order valence-corrected chi connectivity index (χ0v) is 12.8. The summed E-state index contributed by atoms with van der Waals surface area (Å²) in [5.74, 6) is 0.458. The van der Waals surface area contributed by atoms with Gasteiger partial charge in [-0.1, -0.05) is 0 Å². The monoisotopic (exact) mass is 324 g/mol. The second-order valence-electron chi connectivity index (χ2n) is 5.56. The lowest BCUT2D eigenvalue weighted by Crippen LogP contribution is -2.43. The molecule has 2 aliphatic rings. The van der Waals surface area contributed by atoms with Gasteiger partial charge in [-0.3, -0.25) is 4.90 Å². The lowest BCUT2D eigenvalue weighted by atomic mass is 9.87. The van der Waals surface area contributed by atoms with E-state index in [1.165, 1.54) is 24.0 Å². The molecule has 1 aromatic carbocycles. The number of piperazine rings is 1. The molecule has 0 spiro atoms. The minimum atomic E-state index is 0.458. The van der Waals surface area contributed by atoms with E-state index in [0.717, 1.165) is 55.6 Å². The number of phenols is 1. The van der Waals surface area contributed by atoms with Crippen molar-refractivity contribution in [2.75, 3.05) is 26.2 Å². The van der Waals surface area contributed by atoms with Crippen molar-refractivity contribution >= 4 is 15.9 Å². The summed E-state index contributed by atoms with van der Waals surface area (Å²) in [6.45, 7) is 5.13. The Balaban J connectivity index is 1.91. The number of halogens is 1. The van der Waals surface area contributed by atoms with Gasteiger partial charge >= 0.3 is 0 Å². The predicted octanol–water partition coefficient (Wildman–Crippen LogP) is 2.44. The van der Waals surface area contributed by atoms with Crippen molar-refractivity contribution in [1.29, 1.82) is 0 Å². The zero-order valence-electron chi connectivity index (χ0n) is 11.2. The minimum absolute atomic E-state index is 0.458. The van der Waals surface area contributed by atoms with Gasteiger partial charge in [-0.25, -0.2) is 0 Å². The van der Waals surface area contributed by atoms with E-state index in [4.69, 9.17) is 0 Å². The number of rotatable bonds is 2. The molecule has 19 heavy (non-hydrogen) atoms. The molecule has 3 rings (SSSR count). The maximum Gasteiger partial charge on any atom is 0.134 e. The van der Waals surface area contributed by atoms with Gasteiger partial charge in [-0.05, 0) is 58.8 Å². The summed E-state index contributed by atoms with van der Waals surface area (Å²) >= 11 is 3.51. The van der Waals surface area contributed by atoms with E-state index in [0.29, 0.717) is 5.75 Å². The summed E-state index contributed by atoms with van der Waals surface area (Å²) in [7, 11) is 0. The highest BCUT2D eigenvalue weighted by Crippen LogP contribution is 2.37. The third kappa shape index (κ3) is 2.81. The highest BCUT2D eigenvalue weighted by Gasteiger charge is 2.21. The Labute approximate surface area is 123 Å². The molecule has 1 aliphatic heterocycles. The van der Waals surface area contributed by atoms with Crippen molar-refractivity contribution in [3.63, 3.8) is 0 Å². The summed E-state index contributed by atoms with van der Waals surface area (Å²) in [6, 6.07) is 2.12. The van der Waals surface area contributed by atoms with Crippen LogP contribution in [0.5, 0.6) is 5.75 Å². The first-order chi connectivity index (χ1) is 9.25. The van der Waals surface area contributed by atoms with E-state index in [1.807, 2.05) is 0 Å². The Morgan fingerprint density at radius 1 is 1.21 bits per heavy atom. The molecule has 0 amide bonds. The topological polar surface area (TPSA) is 35.5 Å². The molecule has 1 aliphatic carbocycles. The van der Waals surface area contributed by atoms with Crippen molar-refractivity contribution in [2.24, 2.45) is 0 Å². The highest BCUT2D eigenvalue weighted by molar-refractivity contribution is 9.10. The molecule has 0 atom stereocenters. The van der Waals surface area contributed by atoms with Crippen LogP contribution in [0.3, 0.4) is 0 Å². The van der Waals surface area contributed by atoms with E-state index >= 15 is 0 Å². The van der Waals surface area contributed by atoms with E-state index in [2.05, 4.69) is 32.2 Å². The molecule has 1 heterocycles. The molecule has 0 aromatic heterocycles. The van der Waals surface area contributed by atoms with Crippen molar-refractivity contribution in [3.05, 3.63) is 27.2 Å². The van der Waals surface area contributed by atoms with Crippen molar-refractivity contribution < 1.29 is 5.11 Å². The second-order valence-corrected chi connectivity index (χ2v) is 6.41. The number of nitrogens with one attached hydrogen (secondary N) is 1. The number of phenolic OH excluding ortho intramolecular Hbond substituents is 1. The number of aromatic hydroxyl groups is 1. The highest BCUT2D eigenvalue weighted by atomic mass is 79.9. The Kier molecular flexibility index (Phi) is 4.10. The summed E-state index contributed by atoms with van der Waals surface area (Å²) in [5.41, 5.74) is 4.00. The average molecular weight is 325 g/mol. The maximum absolute atomic E-state index is 10.4. The van der Waals surface area contributed by atoms with Crippen LogP contribution in [0.2, 0.25) is 0 Å². The fraction of sp³-hybridized carbons (Fsp3) is 0.600. The van der Waals surface area contributed by atoms with E-state index in [1.54, 1.807) is 0 Å². The van der Waals surface area contributed by atoms with Crippen molar-refractivity contribution in [1.82, 2.24) is 10.2 Å². The number of fused-ring (bicyclic) bond motifs is 1. The molecule has 1 fully saturated rings. The van der Waals surface area contributed by atoms with Gasteiger partial charge in [-0.15, -0.1) is 0 Å². The zero-order chi connectivity index (χ0) is 13.2. The van der Waals surface area contributed by atoms with Crippen LogP contribution in [0.25, 0.3) is 0 Å². The molecule has 4 heteroatoms. The first kappa shape index (κ1) is 13.4. The van der Waals surface area contributed by atoms with Crippen molar-refractivity contribution in [2.45, 2.75) is 32.2 Å². The predicted molar refractivity (Wildman–Crippen MR) is 80.6 cm³/mol. The van der Waals surface area contributed by atoms with Crippen LogP contribution in [0.15, 0.2) is 10.5 Å². The molecule has 1 aromatic rings. The molecule has 2 N–H and O–H groups in total. The molecule has 0 saturated carbocycles. The van der Waals surface area contributed by atoms with Gasteiger partial charge in [0.1, 0.15) is 5.75 Å².